The Morgan fingerprint density at radius 3 is 2.22 bits per heavy atom. The number of alkyl halides is 3. The molecule has 102 valence electrons. The summed E-state index contributed by atoms with van der Waals surface area (Å²) in [7, 11) is 0. The van der Waals surface area contributed by atoms with Crippen LogP contribution in [-0.2, 0) is 0 Å². The van der Waals surface area contributed by atoms with Crippen LogP contribution in [0.15, 0.2) is 12.1 Å². The maximum Gasteiger partial charge on any atom is 0.405 e. The van der Waals surface area contributed by atoms with Gasteiger partial charge in [0.2, 0.25) is 0 Å². The second kappa shape index (κ2) is 4.99. The minimum absolute atomic E-state index is 0.230. The topological polar surface area (TPSA) is 29.3 Å². The molecule has 1 aromatic carbocycles. The lowest BCUT2D eigenvalue weighted by molar-refractivity contribution is -0.120. The van der Waals surface area contributed by atoms with E-state index in [1.807, 2.05) is 0 Å². The fraction of sp³-hybridized carbons (Fsp3) is 0.455. The predicted octanol–water partition coefficient (Wildman–Crippen LogP) is 3.32. The number of halogens is 5. The van der Waals surface area contributed by atoms with Crippen molar-refractivity contribution in [2.75, 3.05) is 17.2 Å². The molecule has 0 bridgehead atoms. The first-order valence-corrected chi connectivity index (χ1v) is 5.20. The molecule has 0 saturated heterocycles. The van der Waals surface area contributed by atoms with Crippen LogP contribution in [0.25, 0.3) is 0 Å². The molecule has 7 heteroatoms. The van der Waals surface area contributed by atoms with E-state index in [1.165, 1.54) is 13.8 Å². The van der Waals surface area contributed by atoms with E-state index < -0.39 is 36.1 Å². The van der Waals surface area contributed by atoms with Crippen molar-refractivity contribution in [3.05, 3.63) is 23.8 Å². The fourth-order valence-electron chi connectivity index (χ4n) is 1.56. The summed E-state index contributed by atoms with van der Waals surface area (Å²) in [5.41, 5.74) is 4.65. The molecule has 0 aliphatic carbocycles. The summed E-state index contributed by atoms with van der Waals surface area (Å²) in [6.07, 6.45) is -4.53. The molecule has 2 N–H and O–H groups in total. The van der Waals surface area contributed by atoms with Gasteiger partial charge in [-0.3, -0.25) is 0 Å². The maximum atomic E-state index is 13.6. The molecule has 0 atom stereocenters. The first-order chi connectivity index (χ1) is 8.13. The van der Waals surface area contributed by atoms with Crippen LogP contribution in [0.4, 0.5) is 33.3 Å². The molecule has 0 spiro atoms. The molecule has 0 radical (unpaired) electrons. The van der Waals surface area contributed by atoms with Gasteiger partial charge in [0.1, 0.15) is 6.54 Å². The van der Waals surface area contributed by atoms with Crippen LogP contribution in [0.3, 0.4) is 0 Å². The van der Waals surface area contributed by atoms with Gasteiger partial charge in [-0.1, -0.05) is 0 Å². The van der Waals surface area contributed by atoms with E-state index in [0.29, 0.717) is 4.90 Å². The average molecular weight is 268 g/mol. The number of anilines is 2. The number of nitrogens with zero attached hydrogens (tertiary/aromatic N) is 1. The van der Waals surface area contributed by atoms with Gasteiger partial charge < -0.3 is 10.6 Å². The van der Waals surface area contributed by atoms with Gasteiger partial charge >= 0.3 is 6.18 Å². The van der Waals surface area contributed by atoms with E-state index in [-0.39, 0.29) is 5.69 Å². The lowest BCUT2D eigenvalue weighted by Gasteiger charge is -2.31. The van der Waals surface area contributed by atoms with Crippen molar-refractivity contribution >= 4 is 11.4 Å². The van der Waals surface area contributed by atoms with Crippen molar-refractivity contribution in [1.82, 2.24) is 0 Å². The van der Waals surface area contributed by atoms with Gasteiger partial charge in [-0.05, 0) is 26.0 Å². The Labute approximate surface area is 101 Å². The van der Waals surface area contributed by atoms with Gasteiger partial charge in [-0.15, -0.1) is 0 Å². The third-order valence-corrected chi connectivity index (χ3v) is 2.36. The number of nitrogen functional groups attached to an aromatic ring is 1. The highest BCUT2D eigenvalue weighted by molar-refractivity contribution is 5.68. The van der Waals surface area contributed by atoms with E-state index in [9.17, 15) is 22.0 Å². The number of hydrogen-bond acceptors (Lipinski definition) is 2. The Morgan fingerprint density at radius 2 is 1.78 bits per heavy atom. The number of nitrogens with two attached hydrogens (primary N) is 1. The van der Waals surface area contributed by atoms with E-state index in [1.54, 1.807) is 0 Å². The zero-order chi connectivity index (χ0) is 14.1. The highest BCUT2D eigenvalue weighted by Crippen LogP contribution is 2.32. The molecule has 0 saturated carbocycles. The van der Waals surface area contributed by atoms with E-state index in [2.05, 4.69) is 0 Å². The smallest absolute Gasteiger partial charge is 0.397 e. The van der Waals surface area contributed by atoms with E-state index in [4.69, 9.17) is 5.73 Å². The second-order valence-corrected chi connectivity index (χ2v) is 4.14. The summed E-state index contributed by atoms with van der Waals surface area (Å²) < 4.78 is 63.9. The van der Waals surface area contributed by atoms with Crippen LogP contribution >= 0.6 is 0 Å². The first kappa shape index (κ1) is 14.5. The molecule has 2 nitrogen and oxygen atoms in total. The van der Waals surface area contributed by atoms with E-state index in [0.717, 1.165) is 12.1 Å². The number of benzene rings is 1. The van der Waals surface area contributed by atoms with E-state index >= 15 is 0 Å². The molecule has 18 heavy (non-hydrogen) atoms. The largest absolute Gasteiger partial charge is 0.405 e. The minimum Gasteiger partial charge on any atom is -0.397 e. The summed E-state index contributed by atoms with van der Waals surface area (Å²) in [6, 6.07) is 1.14. The van der Waals surface area contributed by atoms with Gasteiger partial charge in [0.05, 0.1) is 11.4 Å². The zero-order valence-electron chi connectivity index (χ0n) is 9.85. The molecule has 0 unspecified atom stereocenters. The summed E-state index contributed by atoms with van der Waals surface area (Å²) in [6.45, 7) is 1.49. The van der Waals surface area contributed by atoms with Gasteiger partial charge in [-0.2, -0.15) is 13.2 Å². The van der Waals surface area contributed by atoms with Crippen molar-refractivity contribution in [2.24, 2.45) is 0 Å². The van der Waals surface area contributed by atoms with Crippen molar-refractivity contribution in [3.8, 4) is 0 Å². The van der Waals surface area contributed by atoms with Gasteiger partial charge in [0, 0.05) is 6.04 Å². The summed E-state index contributed by atoms with van der Waals surface area (Å²) in [4.78, 5) is 0.688. The second-order valence-electron chi connectivity index (χ2n) is 4.14. The molecule has 0 amide bonds. The lowest BCUT2D eigenvalue weighted by Crippen LogP contribution is -2.40. The van der Waals surface area contributed by atoms with Gasteiger partial charge in [0.15, 0.2) is 11.6 Å². The highest BCUT2D eigenvalue weighted by atomic mass is 19.4. The first-order valence-electron chi connectivity index (χ1n) is 5.20. The third kappa shape index (κ3) is 3.24. The van der Waals surface area contributed by atoms with Crippen LogP contribution in [0.5, 0.6) is 0 Å². The van der Waals surface area contributed by atoms with Gasteiger partial charge in [0.25, 0.3) is 0 Å². The SMILES string of the molecule is CC(C)N(CC(F)(F)F)c1c(N)ccc(F)c1F. The third-order valence-electron chi connectivity index (χ3n) is 2.36. The summed E-state index contributed by atoms with van der Waals surface area (Å²) in [5.74, 6) is -2.60. The van der Waals surface area contributed by atoms with Gasteiger partial charge in [-0.25, -0.2) is 8.78 Å². The Morgan fingerprint density at radius 1 is 1.22 bits per heavy atom. The molecule has 0 heterocycles. The molecule has 1 aromatic rings. The summed E-state index contributed by atoms with van der Waals surface area (Å²) in [5, 5.41) is 0. The van der Waals surface area contributed by atoms with Crippen LogP contribution in [0, 0.1) is 11.6 Å². The maximum absolute atomic E-state index is 13.6. The van der Waals surface area contributed by atoms with Crippen LogP contribution in [0.2, 0.25) is 0 Å². The molecular formula is C11H13F5N2. The Hall–Kier alpha value is -1.53. The van der Waals surface area contributed by atoms with Crippen LogP contribution < -0.4 is 10.6 Å². The highest BCUT2D eigenvalue weighted by Gasteiger charge is 2.34. The molecular weight excluding hydrogens is 255 g/mol. The van der Waals surface area contributed by atoms with Crippen molar-refractivity contribution < 1.29 is 22.0 Å². The Kier molecular flexibility index (Phi) is 4.03. The Balaban J connectivity index is 3.26. The van der Waals surface area contributed by atoms with Crippen molar-refractivity contribution in [1.29, 1.82) is 0 Å². The van der Waals surface area contributed by atoms with Crippen molar-refractivity contribution in [3.63, 3.8) is 0 Å². The molecule has 0 aliphatic heterocycles. The number of hydrogen-bond donors (Lipinski definition) is 1. The standard InChI is InChI=1S/C11H13F5N2/c1-6(2)18(5-11(14,15)16)10-8(17)4-3-7(12)9(10)13/h3-4,6H,5,17H2,1-2H3. The lowest BCUT2D eigenvalue weighted by atomic mass is 10.2. The number of rotatable bonds is 3. The molecule has 1 rings (SSSR count). The fourth-order valence-corrected chi connectivity index (χ4v) is 1.56. The van der Waals surface area contributed by atoms with Crippen molar-refractivity contribution in [2.45, 2.75) is 26.1 Å². The van der Waals surface area contributed by atoms with Crippen LogP contribution in [0.1, 0.15) is 13.8 Å². The molecule has 0 aromatic heterocycles. The molecule has 0 fully saturated rings. The predicted molar refractivity (Wildman–Crippen MR) is 59.3 cm³/mol. The minimum atomic E-state index is -4.53. The normalized spacial score (nSPS) is 12.0. The monoisotopic (exact) mass is 268 g/mol. The zero-order valence-corrected chi connectivity index (χ0v) is 9.85. The summed E-state index contributed by atoms with van der Waals surface area (Å²) >= 11 is 0. The average Bonchev–Trinajstić information content (AvgIpc) is 2.21. The molecule has 0 aliphatic rings. The Bertz CT molecular complexity index is 428. The van der Waals surface area contributed by atoms with Crippen LogP contribution in [-0.4, -0.2) is 18.8 Å². The quantitative estimate of drug-likeness (QED) is 0.673.